The summed E-state index contributed by atoms with van der Waals surface area (Å²) in [6.45, 7) is 0. The van der Waals surface area contributed by atoms with Crippen LogP contribution in [-0.2, 0) is 4.79 Å². The Hall–Kier alpha value is -2.47. The van der Waals surface area contributed by atoms with Gasteiger partial charge in [-0.3, -0.25) is 9.78 Å². The fraction of sp³-hybridized carbons (Fsp3) is 0. The van der Waals surface area contributed by atoms with Crippen LogP contribution in [0.15, 0.2) is 58.7 Å². The first-order valence-corrected chi connectivity index (χ1v) is 6.97. The molecular weight excluding hydrogens is 289 g/mol. The van der Waals surface area contributed by atoms with E-state index in [1.165, 1.54) is 23.9 Å². The van der Waals surface area contributed by atoms with E-state index in [9.17, 15) is 9.18 Å². The molecule has 1 aromatic heterocycles. The maximum absolute atomic E-state index is 13.1. The first-order chi connectivity index (χ1) is 10.2. The van der Waals surface area contributed by atoms with Crippen molar-refractivity contribution in [2.75, 3.05) is 0 Å². The maximum Gasteiger partial charge on any atom is 0.264 e. The lowest BCUT2D eigenvalue weighted by molar-refractivity contribution is -0.115. The summed E-state index contributed by atoms with van der Waals surface area (Å²) >= 11 is 1.21. The SMILES string of the molecule is O=C1NC(=Nc2cccnc2)SC1=Cc1cccc(F)c1. The highest BCUT2D eigenvalue weighted by Crippen LogP contribution is 2.27. The molecule has 1 N–H and O–H groups in total. The van der Waals surface area contributed by atoms with Crippen LogP contribution in [-0.4, -0.2) is 16.1 Å². The second-order valence-electron chi connectivity index (χ2n) is 4.25. The zero-order valence-corrected chi connectivity index (χ0v) is 11.6. The molecule has 0 spiro atoms. The van der Waals surface area contributed by atoms with Gasteiger partial charge in [0.1, 0.15) is 5.82 Å². The number of nitrogens with one attached hydrogen (secondary N) is 1. The number of hydrogen-bond acceptors (Lipinski definition) is 4. The highest BCUT2D eigenvalue weighted by atomic mass is 32.2. The number of halogens is 1. The average molecular weight is 299 g/mol. The molecule has 1 amide bonds. The predicted molar refractivity (Wildman–Crippen MR) is 81.4 cm³/mol. The topological polar surface area (TPSA) is 54.4 Å². The smallest absolute Gasteiger partial charge is 0.264 e. The number of aliphatic imine (C=N–C) groups is 1. The fourth-order valence-electron chi connectivity index (χ4n) is 1.77. The second-order valence-corrected chi connectivity index (χ2v) is 5.28. The quantitative estimate of drug-likeness (QED) is 0.867. The van der Waals surface area contributed by atoms with Crippen molar-refractivity contribution in [1.82, 2.24) is 10.3 Å². The van der Waals surface area contributed by atoms with Crippen molar-refractivity contribution in [3.63, 3.8) is 0 Å². The Morgan fingerprint density at radius 2 is 2.19 bits per heavy atom. The summed E-state index contributed by atoms with van der Waals surface area (Å²) in [5, 5.41) is 3.15. The van der Waals surface area contributed by atoms with Crippen LogP contribution in [0, 0.1) is 5.82 Å². The van der Waals surface area contributed by atoms with Gasteiger partial charge in [-0.2, -0.15) is 0 Å². The van der Waals surface area contributed by atoms with Crippen LogP contribution in [0.25, 0.3) is 6.08 Å². The van der Waals surface area contributed by atoms with Gasteiger partial charge in [-0.15, -0.1) is 0 Å². The third kappa shape index (κ3) is 3.35. The van der Waals surface area contributed by atoms with E-state index < -0.39 is 0 Å². The van der Waals surface area contributed by atoms with E-state index in [0.717, 1.165) is 0 Å². The lowest BCUT2D eigenvalue weighted by Crippen LogP contribution is -2.19. The van der Waals surface area contributed by atoms with E-state index in [-0.39, 0.29) is 11.7 Å². The van der Waals surface area contributed by atoms with Gasteiger partial charge in [0.05, 0.1) is 16.8 Å². The largest absolute Gasteiger partial charge is 0.300 e. The summed E-state index contributed by atoms with van der Waals surface area (Å²) in [6.07, 6.45) is 4.89. The lowest BCUT2D eigenvalue weighted by Gasteiger charge is -1.95. The Morgan fingerprint density at radius 1 is 1.29 bits per heavy atom. The number of pyridine rings is 1. The molecule has 1 fully saturated rings. The van der Waals surface area contributed by atoms with Crippen LogP contribution in [0.4, 0.5) is 10.1 Å². The highest BCUT2D eigenvalue weighted by molar-refractivity contribution is 8.18. The van der Waals surface area contributed by atoms with Crippen molar-refractivity contribution in [3.05, 3.63) is 65.1 Å². The molecule has 2 heterocycles. The Kier molecular flexibility index (Phi) is 3.79. The second kappa shape index (κ2) is 5.88. The van der Waals surface area contributed by atoms with Crippen LogP contribution >= 0.6 is 11.8 Å². The van der Waals surface area contributed by atoms with Crippen molar-refractivity contribution in [2.45, 2.75) is 0 Å². The van der Waals surface area contributed by atoms with Crippen LogP contribution in [0.1, 0.15) is 5.56 Å². The van der Waals surface area contributed by atoms with Gasteiger partial charge in [-0.25, -0.2) is 9.38 Å². The van der Waals surface area contributed by atoms with E-state index in [1.54, 1.807) is 42.7 Å². The van der Waals surface area contributed by atoms with Gasteiger partial charge in [-0.05, 0) is 47.7 Å². The zero-order valence-electron chi connectivity index (χ0n) is 10.8. The number of rotatable bonds is 2. The molecule has 0 aliphatic carbocycles. The van der Waals surface area contributed by atoms with Gasteiger partial charge in [-0.1, -0.05) is 12.1 Å². The molecule has 21 heavy (non-hydrogen) atoms. The van der Waals surface area contributed by atoms with E-state index in [2.05, 4.69) is 15.3 Å². The molecule has 2 aromatic rings. The Labute approximate surface area is 124 Å². The van der Waals surface area contributed by atoms with Crippen molar-refractivity contribution in [1.29, 1.82) is 0 Å². The maximum atomic E-state index is 13.1. The van der Waals surface area contributed by atoms with Gasteiger partial charge >= 0.3 is 0 Å². The molecule has 0 radical (unpaired) electrons. The summed E-state index contributed by atoms with van der Waals surface area (Å²) in [5.74, 6) is -0.580. The number of amidine groups is 1. The van der Waals surface area contributed by atoms with E-state index in [1.807, 2.05) is 0 Å². The molecule has 0 atom stereocenters. The average Bonchev–Trinajstić information content (AvgIpc) is 2.80. The molecule has 4 nitrogen and oxygen atoms in total. The molecule has 1 aliphatic heterocycles. The number of carbonyl (C=O) groups is 1. The molecule has 6 heteroatoms. The molecule has 1 aromatic carbocycles. The van der Waals surface area contributed by atoms with Crippen molar-refractivity contribution >= 4 is 34.6 Å². The summed E-state index contributed by atoms with van der Waals surface area (Å²) in [4.78, 5) is 20.6. The van der Waals surface area contributed by atoms with E-state index >= 15 is 0 Å². The summed E-state index contributed by atoms with van der Waals surface area (Å²) in [5.41, 5.74) is 1.29. The number of benzene rings is 1. The van der Waals surface area contributed by atoms with Crippen LogP contribution in [0.3, 0.4) is 0 Å². The summed E-state index contributed by atoms with van der Waals surface area (Å²) < 4.78 is 13.1. The highest BCUT2D eigenvalue weighted by Gasteiger charge is 2.23. The molecule has 1 aliphatic rings. The standard InChI is InChI=1S/C15H10FN3OS/c16-11-4-1-3-10(7-11)8-13-14(20)19-15(21-13)18-12-5-2-6-17-9-12/h1-9H,(H,18,19,20). The van der Waals surface area contributed by atoms with Gasteiger partial charge in [0, 0.05) is 6.20 Å². The van der Waals surface area contributed by atoms with Gasteiger partial charge in [0.25, 0.3) is 5.91 Å². The van der Waals surface area contributed by atoms with Crippen molar-refractivity contribution in [2.24, 2.45) is 4.99 Å². The first-order valence-electron chi connectivity index (χ1n) is 6.16. The Morgan fingerprint density at radius 3 is 2.95 bits per heavy atom. The Balaban J connectivity index is 1.84. The molecule has 3 rings (SSSR count). The molecule has 1 saturated heterocycles. The molecule has 104 valence electrons. The van der Waals surface area contributed by atoms with Crippen LogP contribution in [0.5, 0.6) is 0 Å². The number of amides is 1. The number of thioether (sulfide) groups is 1. The minimum absolute atomic E-state index is 0.244. The molecule has 0 unspecified atom stereocenters. The third-order valence-electron chi connectivity index (χ3n) is 2.67. The predicted octanol–water partition coefficient (Wildman–Crippen LogP) is 3.11. The van der Waals surface area contributed by atoms with E-state index in [0.29, 0.717) is 21.3 Å². The Bertz CT molecular complexity index is 744. The number of aromatic nitrogens is 1. The van der Waals surface area contributed by atoms with Gasteiger partial charge in [0.15, 0.2) is 5.17 Å². The van der Waals surface area contributed by atoms with E-state index in [4.69, 9.17) is 0 Å². The zero-order chi connectivity index (χ0) is 14.7. The molecule has 0 bridgehead atoms. The number of carbonyl (C=O) groups excluding carboxylic acids is 1. The summed E-state index contributed by atoms with van der Waals surface area (Å²) in [7, 11) is 0. The van der Waals surface area contributed by atoms with Gasteiger partial charge < -0.3 is 5.32 Å². The molecular formula is C15H10FN3OS. The van der Waals surface area contributed by atoms with Crippen molar-refractivity contribution in [3.8, 4) is 0 Å². The van der Waals surface area contributed by atoms with Crippen molar-refractivity contribution < 1.29 is 9.18 Å². The minimum atomic E-state index is -0.336. The minimum Gasteiger partial charge on any atom is -0.300 e. The monoisotopic (exact) mass is 299 g/mol. The normalized spacial score (nSPS) is 18.2. The third-order valence-corrected chi connectivity index (χ3v) is 3.58. The van der Waals surface area contributed by atoms with Crippen LogP contribution in [0.2, 0.25) is 0 Å². The lowest BCUT2D eigenvalue weighted by atomic mass is 10.2. The number of nitrogens with zero attached hydrogens (tertiary/aromatic N) is 2. The molecule has 0 saturated carbocycles. The fourth-order valence-corrected chi connectivity index (χ4v) is 2.61. The first kappa shape index (κ1) is 13.5. The number of hydrogen-bond donors (Lipinski definition) is 1. The van der Waals surface area contributed by atoms with Gasteiger partial charge in [0.2, 0.25) is 0 Å². The van der Waals surface area contributed by atoms with Crippen LogP contribution < -0.4 is 5.32 Å². The summed E-state index contributed by atoms with van der Waals surface area (Å²) in [6, 6.07) is 9.63.